The van der Waals surface area contributed by atoms with Crippen LogP contribution in [-0.4, -0.2) is 41.0 Å². The van der Waals surface area contributed by atoms with Crippen molar-refractivity contribution in [2.45, 2.75) is 19.4 Å². The number of likely N-dealkylation sites (N-methyl/N-ethyl adjacent to an activating group) is 1. The van der Waals surface area contributed by atoms with E-state index in [9.17, 15) is 0 Å². The summed E-state index contributed by atoms with van der Waals surface area (Å²) >= 11 is 2.23. The second kappa shape index (κ2) is 5.07. The van der Waals surface area contributed by atoms with Gasteiger partial charge in [-0.05, 0) is 50.5 Å². The molecule has 0 saturated heterocycles. The van der Waals surface area contributed by atoms with Gasteiger partial charge in [0.1, 0.15) is 12.1 Å². The fourth-order valence-electron chi connectivity index (χ4n) is 0.901. The van der Waals surface area contributed by atoms with Crippen molar-refractivity contribution in [3.8, 4) is 0 Å². The Balaban J connectivity index is 2.62. The van der Waals surface area contributed by atoms with E-state index in [1.165, 1.54) is 0 Å². The summed E-state index contributed by atoms with van der Waals surface area (Å²) in [6.45, 7) is 5.23. The molecule has 5 heteroatoms. The molecule has 0 aliphatic heterocycles. The number of hydrogen-bond acceptors (Lipinski definition) is 4. The summed E-state index contributed by atoms with van der Waals surface area (Å²) in [5, 5.41) is 3.33. The van der Waals surface area contributed by atoms with E-state index in [0.29, 0.717) is 0 Å². The van der Waals surface area contributed by atoms with Gasteiger partial charge in [0.2, 0.25) is 0 Å². The zero-order valence-electron chi connectivity index (χ0n) is 9.58. The van der Waals surface area contributed by atoms with Gasteiger partial charge in [-0.1, -0.05) is 0 Å². The molecule has 15 heavy (non-hydrogen) atoms. The van der Waals surface area contributed by atoms with Gasteiger partial charge >= 0.3 is 0 Å². The highest BCUT2D eigenvalue weighted by molar-refractivity contribution is 14.1. The first-order valence-corrected chi connectivity index (χ1v) is 5.88. The SMILES string of the molecule is CN(C)C(C)(C)CNc1ncncc1I. The van der Waals surface area contributed by atoms with Crippen LogP contribution in [0.1, 0.15) is 13.8 Å². The Morgan fingerprint density at radius 1 is 1.47 bits per heavy atom. The number of aromatic nitrogens is 2. The van der Waals surface area contributed by atoms with Crippen LogP contribution in [0.4, 0.5) is 5.82 Å². The highest BCUT2D eigenvalue weighted by Gasteiger charge is 2.20. The molecule has 0 saturated carbocycles. The number of anilines is 1. The molecular formula is C10H17IN4. The Morgan fingerprint density at radius 2 is 2.13 bits per heavy atom. The van der Waals surface area contributed by atoms with E-state index in [0.717, 1.165) is 15.9 Å². The molecular weight excluding hydrogens is 303 g/mol. The Morgan fingerprint density at radius 3 is 2.67 bits per heavy atom. The number of nitrogens with one attached hydrogen (secondary N) is 1. The minimum absolute atomic E-state index is 0.105. The Bertz CT molecular complexity index is 325. The summed E-state index contributed by atoms with van der Waals surface area (Å²) in [4.78, 5) is 10.3. The summed E-state index contributed by atoms with van der Waals surface area (Å²) in [5.74, 6) is 0.903. The van der Waals surface area contributed by atoms with Crippen molar-refractivity contribution in [1.82, 2.24) is 14.9 Å². The predicted molar refractivity (Wildman–Crippen MR) is 71.0 cm³/mol. The maximum Gasteiger partial charge on any atom is 0.142 e. The van der Waals surface area contributed by atoms with Gasteiger partial charge in [-0.3, -0.25) is 0 Å². The lowest BCUT2D eigenvalue weighted by Crippen LogP contribution is -2.44. The molecule has 1 aromatic rings. The van der Waals surface area contributed by atoms with Gasteiger partial charge in [0, 0.05) is 18.3 Å². The van der Waals surface area contributed by atoms with Crippen molar-refractivity contribution in [3.05, 3.63) is 16.1 Å². The van der Waals surface area contributed by atoms with E-state index >= 15 is 0 Å². The van der Waals surface area contributed by atoms with Crippen molar-refractivity contribution in [3.63, 3.8) is 0 Å². The molecule has 0 fully saturated rings. The lowest BCUT2D eigenvalue weighted by Gasteiger charge is -2.32. The molecule has 0 amide bonds. The van der Waals surface area contributed by atoms with Crippen LogP contribution in [0.2, 0.25) is 0 Å². The van der Waals surface area contributed by atoms with E-state index in [-0.39, 0.29) is 5.54 Å². The van der Waals surface area contributed by atoms with Crippen LogP contribution >= 0.6 is 22.6 Å². The smallest absolute Gasteiger partial charge is 0.142 e. The number of nitrogens with zero attached hydrogens (tertiary/aromatic N) is 3. The predicted octanol–water partition coefficient (Wildman–Crippen LogP) is 1.83. The van der Waals surface area contributed by atoms with Gasteiger partial charge in [-0.15, -0.1) is 0 Å². The topological polar surface area (TPSA) is 41.0 Å². The van der Waals surface area contributed by atoms with Gasteiger partial charge in [-0.25, -0.2) is 9.97 Å². The van der Waals surface area contributed by atoms with Crippen molar-refractivity contribution in [2.24, 2.45) is 0 Å². The molecule has 1 rings (SSSR count). The van der Waals surface area contributed by atoms with E-state index in [2.05, 4.69) is 70.7 Å². The van der Waals surface area contributed by atoms with Crippen LogP contribution in [0.25, 0.3) is 0 Å². The molecule has 84 valence electrons. The first-order chi connectivity index (χ1) is 6.93. The summed E-state index contributed by atoms with van der Waals surface area (Å²) in [6.07, 6.45) is 3.37. The van der Waals surface area contributed by atoms with Crippen molar-refractivity contribution < 1.29 is 0 Å². The standard InChI is InChI=1S/C10H17IN4/c1-10(2,15(3)4)6-13-9-8(11)5-12-7-14-9/h5,7H,6H2,1-4H3,(H,12,13,14). The summed E-state index contributed by atoms with van der Waals surface area (Å²) < 4.78 is 1.05. The lowest BCUT2D eigenvalue weighted by atomic mass is 10.0. The quantitative estimate of drug-likeness (QED) is 0.860. The molecule has 0 aromatic carbocycles. The van der Waals surface area contributed by atoms with Crippen molar-refractivity contribution in [1.29, 1.82) is 0 Å². The highest BCUT2D eigenvalue weighted by Crippen LogP contribution is 2.15. The lowest BCUT2D eigenvalue weighted by molar-refractivity contribution is 0.210. The third-order valence-corrected chi connectivity index (χ3v) is 3.36. The number of rotatable bonds is 4. The molecule has 0 aliphatic rings. The zero-order chi connectivity index (χ0) is 11.5. The third-order valence-electron chi connectivity index (χ3n) is 2.57. The number of halogens is 1. The van der Waals surface area contributed by atoms with Crippen LogP contribution in [0.5, 0.6) is 0 Å². The van der Waals surface area contributed by atoms with Crippen LogP contribution in [0.15, 0.2) is 12.5 Å². The van der Waals surface area contributed by atoms with Crippen LogP contribution in [0.3, 0.4) is 0 Å². The molecule has 0 radical (unpaired) electrons. The van der Waals surface area contributed by atoms with E-state index < -0.39 is 0 Å². The van der Waals surface area contributed by atoms with Gasteiger partial charge in [0.15, 0.2) is 0 Å². The molecule has 1 N–H and O–H groups in total. The van der Waals surface area contributed by atoms with Crippen LogP contribution in [-0.2, 0) is 0 Å². The summed E-state index contributed by atoms with van der Waals surface area (Å²) in [6, 6.07) is 0. The fraction of sp³-hybridized carbons (Fsp3) is 0.600. The average Bonchev–Trinajstić information content (AvgIpc) is 2.16. The molecule has 0 aliphatic carbocycles. The van der Waals surface area contributed by atoms with E-state index in [4.69, 9.17) is 0 Å². The monoisotopic (exact) mass is 320 g/mol. The second-order valence-electron chi connectivity index (χ2n) is 4.28. The second-order valence-corrected chi connectivity index (χ2v) is 5.44. The van der Waals surface area contributed by atoms with Gasteiger partial charge < -0.3 is 10.2 Å². The maximum absolute atomic E-state index is 4.19. The molecule has 0 unspecified atom stereocenters. The molecule has 1 aromatic heterocycles. The third kappa shape index (κ3) is 3.57. The minimum Gasteiger partial charge on any atom is -0.367 e. The Kier molecular flexibility index (Phi) is 4.27. The Hall–Kier alpha value is -0.430. The maximum atomic E-state index is 4.19. The summed E-state index contributed by atoms with van der Waals surface area (Å²) in [7, 11) is 4.15. The highest BCUT2D eigenvalue weighted by atomic mass is 127. The fourth-order valence-corrected chi connectivity index (χ4v) is 1.39. The molecule has 1 heterocycles. The average molecular weight is 320 g/mol. The molecule has 0 atom stereocenters. The first kappa shape index (κ1) is 12.6. The zero-order valence-corrected chi connectivity index (χ0v) is 11.7. The summed E-state index contributed by atoms with van der Waals surface area (Å²) in [5.41, 5.74) is 0.105. The van der Waals surface area contributed by atoms with Gasteiger partial charge in [-0.2, -0.15) is 0 Å². The molecule has 4 nitrogen and oxygen atoms in total. The molecule has 0 bridgehead atoms. The van der Waals surface area contributed by atoms with Gasteiger partial charge in [0.05, 0.1) is 3.57 Å². The van der Waals surface area contributed by atoms with Crippen LogP contribution in [0, 0.1) is 3.57 Å². The minimum atomic E-state index is 0.105. The molecule has 0 spiro atoms. The largest absolute Gasteiger partial charge is 0.367 e. The van der Waals surface area contributed by atoms with Crippen molar-refractivity contribution >= 4 is 28.4 Å². The van der Waals surface area contributed by atoms with E-state index in [1.54, 1.807) is 12.5 Å². The normalized spacial score (nSPS) is 11.9. The van der Waals surface area contributed by atoms with Crippen molar-refractivity contribution in [2.75, 3.05) is 26.0 Å². The van der Waals surface area contributed by atoms with Crippen LogP contribution < -0.4 is 5.32 Å². The number of hydrogen-bond donors (Lipinski definition) is 1. The Labute approximate surface area is 105 Å². The van der Waals surface area contributed by atoms with E-state index in [1.807, 2.05) is 0 Å². The van der Waals surface area contributed by atoms with Gasteiger partial charge in [0.25, 0.3) is 0 Å². The first-order valence-electron chi connectivity index (χ1n) is 4.80.